The standard InChI is InChI=1S/C17H19NO6S/c1-10-14(18(21)22)9-25(23,24)17(10)16(13-7-5-4-6-8-13)15(11(2)19)12(3)20/h4-8,14,16,19H,9H2,1-3H3/b15-11+/t14-,16-/m1/s1. The first-order chi connectivity index (χ1) is 11.6. The molecule has 1 aliphatic rings. The Labute approximate surface area is 145 Å². The average Bonchev–Trinajstić information content (AvgIpc) is 2.75. The van der Waals surface area contributed by atoms with Crippen LogP contribution in [0.1, 0.15) is 32.3 Å². The van der Waals surface area contributed by atoms with Gasteiger partial charge in [0, 0.05) is 16.1 Å². The zero-order valence-corrected chi connectivity index (χ0v) is 14.9. The Hall–Kier alpha value is -2.48. The molecular formula is C17H19NO6S. The molecule has 0 aromatic heterocycles. The van der Waals surface area contributed by atoms with Crippen molar-refractivity contribution in [1.82, 2.24) is 0 Å². The Morgan fingerprint density at radius 2 is 1.84 bits per heavy atom. The molecule has 0 amide bonds. The molecule has 1 heterocycles. The van der Waals surface area contributed by atoms with Crippen molar-refractivity contribution in [2.45, 2.75) is 32.7 Å². The second kappa shape index (κ2) is 6.79. The molecule has 0 radical (unpaired) electrons. The van der Waals surface area contributed by atoms with Crippen LogP contribution >= 0.6 is 0 Å². The number of carbonyl (C=O) groups excluding carboxylic acids is 1. The van der Waals surface area contributed by atoms with Gasteiger partial charge in [-0.1, -0.05) is 30.3 Å². The SMILES string of the molecule is CC(=O)/C(=C(/C)O)[C@H](C1=C(C)[C@H]([N+](=O)[O-])CS1(=O)=O)c1ccccc1. The minimum Gasteiger partial charge on any atom is -0.512 e. The molecule has 0 fully saturated rings. The zero-order chi connectivity index (χ0) is 18.9. The number of nitro groups is 1. The first kappa shape index (κ1) is 18.9. The number of aliphatic hydroxyl groups is 1. The first-order valence-electron chi connectivity index (χ1n) is 7.60. The summed E-state index contributed by atoms with van der Waals surface area (Å²) in [4.78, 5) is 22.5. The van der Waals surface area contributed by atoms with E-state index in [-0.39, 0.29) is 21.8 Å². The highest BCUT2D eigenvalue weighted by Crippen LogP contribution is 2.43. The smallest absolute Gasteiger partial charge is 0.249 e. The van der Waals surface area contributed by atoms with Crippen LogP contribution in [0, 0.1) is 10.1 Å². The Morgan fingerprint density at radius 3 is 2.24 bits per heavy atom. The van der Waals surface area contributed by atoms with E-state index in [4.69, 9.17) is 0 Å². The van der Waals surface area contributed by atoms with E-state index in [1.165, 1.54) is 20.8 Å². The van der Waals surface area contributed by atoms with E-state index in [2.05, 4.69) is 0 Å². The van der Waals surface area contributed by atoms with E-state index >= 15 is 0 Å². The summed E-state index contributed by atoms with van der Waals surface area (Å²) < 4.78 is 25.3. The highest BCUT2D eigenvalue weighted by molar-refractivity contribution is 7.95. The normalized spacial score (nSPS) is 21.6. The molecule has 0 spiro atoms. The number of aliphatic hydroxyl groups excluding tert-OH is 1. The predicted octanol–water partition coefficient (Wildman–Crippen LogP) is 2.54. The largest absolute Gasteiger partial charge is 0.512 e. The number of nitrogens with zero attached hydrogens (tertiary/aromatic N) is 1. The van der Waals surface area contributed by atoms with Crippen molar-refractivity contribution < 1.29 is 23.2 Å². The average molecular weight is 365 g/mol. The van der Waals surface area contributed by atoms with E-state index in [0.717, 1.165) is 0 Å². The van der Waals surface area contributed by atoms with Crippen molar-refractivity contribution >= 4 is 15.6 Å². The van der Waals surface area contributed by atoms with Gasteiger partial charge in [0.2, 0.25) is 6.04 Å². The molecule has 0 bridgehead atoms. The van der Waals surface area contributed by atoms with Gasteiger partial charge in [-0.2, -0.15) is 0 Å². The summed E-state index contributed by atoms with van der Waals surface area (Å²) in [6.45, 7) is 3.93. The quantitative estimate of drug-likeness (QED) is 0.371. The van der Waals surface area contributed by atoms with Crippen molar-refractivity contribution in [3.05, 3.63) is 67.8 Å². The highest BCUT2D eigenvalue weighted by atomic mass is 32.2. The van der Waals surface area contributed by atoms with Gasteiger partial charge in [-0.05, 0) is 26.3 Å². The molecular weight excluding hydrogens is 346 g/mol. The van der Waals surface area contributed by atoms with E-state index in [1.54, 1.807) is 30.3 Å². The number of ketones is 1. The second-order valence-electron chi connectivity index (χ2n) is 6.03. The Bertz CT molecular complexity index is 879. The van der Waals surface area contributed by atoms with Crippen LogP contribution in [-0.4, -0.2) is 36.0 Å². The molecule has 8 heteroatoms. The van der Waals surface area contributed by atoms with Crippen LogP contribution in [0.5, 0.6) is 0 Å². The molecule has 0 aliphatic carbocycles. The van der Waals surface area contributed by atoms with Crippen LogP contribution in [0.2, 0.25) is 0 Å². The van der Waals surface area contributed by atoms with Crippen LogP contribution in [-0.2, 0) is 14.6 Å². The summed E-state index contributed by atoms with van der Waals surface area (Å²) in [5, 5.41) is 21.2. The number of carbonyl (C=O) groups is 1. The van der Waals surface area contributed by atoms with E-state index in [0.29, 0.717) is 5.56 Å². The maximum atomic E-state index is 12.7. The Morgan fingerprint density at radius 1 is 1.28 bits per heavy atom. The third-order valence-corrected chi connectivity index (χ3v) is 6.29. The lowest BCUT2D eigenvalue weighted by Gasteiger charge is -2.21. The van der Waals surface area contributed by atoms with Gasteiger partial charge in [0.05, 0.1) is 16.6 Å². The molecule has 1 aliphatic heterocycles. The molecule has 0 saturated carbocycles. The fourth-order valence-corrected chi connectivity index (χ4v) is 5.43. The monoisotopic (exact) mass is 365 g/mol. The second-order valence-corrected chi connectivity index (χ2v) is 8.03. The molecule has 134 valence electrons. The fraction of sp³-hybridized carbons (Fsp3) is 0.353. The van der Waals surface area contributed by atoms with E-state index < -0.39 is 38.3 Å². The third kappa shape index (κ3) is 3.48. The van der Waals surface area contributed by atoms with Gasteiger partial charge in [-0.15, -0.1) is 0 Å². The summed E-state index contributed by atoms with van der Waals surface area (Å²) in [6.07, 6.45) is 0. The number of rotatable bonds is 5. The number of benzene rings is 1. The number of sulfone groups is 1. The molecule has 0 saturated heterocycles. The minimum atomic E-state index is -3.95. The van der Waals surface area contributed by atoms with Gasteiger partial charge in [-0.25, -0.2) is 8.42 Å². The molecule has 1 aromatic rings. The summed E-state index contributed by atoms with van der Waals surface area (Å²) in [6, 6.07) is 6.99. The molecule has 2 rings (SSSR count). The van der Waals surface area contributed by atoms with Gasteiger partial charge < -0.3 is 5.11 Å². The number of hydrogen-bond donors (Lipinski definition) is 1. The van der Waals surface area contributed by atoms with Crippen LogP contribution in [0.25, 0.3) is 0 Å². The summed E-state index contributed by atoms with van der Waals surface area (Å²) >= 11 is 0. The lowest BCUT2D eigenvalue weighted by Crippen LogP contribution is -2.23. The molecule has 7 nitrogen and oxygen atoms in total. The molecule has 1 N–H and O–H groups in total. The summed E-state index contributed by atoms with van der Waals surface area (Å²) in [5.74, 6) is -2.51. The number of hydrogen-bond acceptors (Lipinski definition) is 6. The lowest BCUT2D eigenvalue weighted by atomic mass is 9.85. The lowest BCUT2D eigenvalue weighted by molar-refractivity contribution is -0.505. The molecule has 0 unspecified atom stereocenters. The van der Waals surface area contributed by atoms with Gasteiger partial charge in [0.1, 0.15) is 5.75 Å². The van der Waals surface area contributed by atoms with Crippen molar-refractivity contribution in [3.63, 3.8) is 0 Å². The summed E-state index contributed by atoms with van der Waals surface area (Å²) in [5.41, 5.74) is 0.495. The van der Waals surface area contributed by atoms with Gasteiger partial charge in [-0.3, -0.25) is 14.9 Å². The maximum absolute atomic E-state index is 12.7. The third-order valence-electron chi connectivity index (χ3n) is 4.31. The number of allylic oxidation sites excluding steroid dienone is 3. The Balaban J connectivity index is 2.83. The van der Waals surface area contributed by atoms with E-state index in [9.17, 15) is 28.4 Å². The first-order valence-corrected chi connectivity index (χ1v) is 9.25. The minimum absolute atomic E-state index is 0.0758. The molecule has 1 aromatic carbocycles. The van der Waals surface area contributed by atoms with Crippen LogP contribution in [0.15, 0.2) is 52.1 Å². The predicted molar refractivity (Wildman–Crippen MR) is 92.5 cm³/mol. The van der Waals surface area contributed by atoms with Gasteiger partial charge in [0.15, 0.2) is 15.6 Å². The van der Waals surface area contributed by atoms with Crippen LogP contribution in [0.3, 0.4) is 0 Å². The van der Waals surface area contributed by atoms with Crippen molar-refractivity contribution in [2.75, 3.05) is 5.75 Å². The van der Waals surface area contributed by atoms with Crippen LogP contribution < -0.4 is 0 Å². The van der Waals surface area contributed by atoms with E-state index in [1.807, 2.05) is 0 Å². The van der Waals surface area contributed by atoms with Gasteiger partial charge >= 0.3 is 0 Å². The topological polar surface area (TPSA) is 115 Å². The fourth-order valence-electron chi connectivity index (χ4n) is 3.22. The molecule has 2 atom stereocenters. The maximum Gasteiger partial charge on any atom is 0.249 e. The van der Waals surface area contributed by atoms with Crippen molar-refractivity contribution in [2.24, 2.45) is 0 Å². The highest BCUT2D eigenvalue weighted by Gasteiger charge is 2.47. The number of Topliss-reactive ketones (excluding diaryl/α,β-unsaturated/α-hetero) is 1. The molecule has 25 heavy (non-hydrogen) atoms. The summed E-state index contributed by atoms with van der Waals surface area (Å²) in [7, 11) is -3.95. The van der Waals surface area contributed by atoms with Crippen molar-refractivity contribution in [1.29, 1.82) is 0 Å². The van der Waals surface area contributed by atoms with Gasteiger partial charge in [0.25, 0.3) is 0 Å². The Kier molecular flexibility index (Phi) is 5.12. The zero-order valence-electron chi connectivity index (χ0n) is 14.1. The van der Waals surface area contributed by atoms with Crippen LogP contribution in [0.4, 0.5) is 0 Å². The van der Waals surface area contributed by atoms with Crippen molar-refractivity contribution in [3.8, 4) is 0 Å².